The fourth-order valence-corrected chi connectivity index (χ4v) is 4.61. The first-order valence-electron chi connectivity index (χ1n) is 9.30. The molecule has 0 bridgehead atoms. The maximum atomic E-state index is 12.1. The van der Waals surface area contributed by atoms with Crippen molar-refractivity contribution < 1.29 is 41.0 Å². The van der Waals surface area contributed by atoms with Gasteiger partial charge < -0.3 is 14.7 Å². The molecule has 1 atom stereocenters. The molecule has 0 aliphatic carbocycles. The van der Waals surface area contributed by atoms with Crippen molar-refractivity contribution in [2.45, 2.75) is 31.5 Å². The van der Waals surface area contributed by atoms with Crippen molar-refractivity contribution in [3.63, 3.8) is 0 Å². The van der Waals surface area contributed by atoms with Gasteiger partial charge in [0, 0.05) is 46.9 Å². The van der Waals surface area contributed by atoms with Gasteiger partial charge in [-0.05, 0) is 24.7 Å². The molecule has 2 saturated heterocycles. The van der Waals surface area contributed by atoms with E-state index in [0.717, 1.165) is 25.8 Å². The third-order valence-electron chi connectivity index (χ3n) is 5.41. The normalized spacial score (nSPS) is 22.4. The van der Waals surface area contributed by atoms with Gasteiger partial charge in [0.25, 0.3) is 0 Å². The number of ether oxygens (including phenoxy) is 1. The first kappa shape index (κ1) is 26.6. The van der Waals surface area contributed by atoms with Gasteiger partial charge >= 0.3 is 12.1 Å². The number of methoxy groups -OCH3 is 1. The van der Waals surface area contributed by atoms with Crippen LogP contribution in [0.5, 0.6) is 0 Å². The van der Waals surface area contributed by atoms with Crippen LogP contribution in [0.4, 0.5) is 13.2 Å². The highest BCUT2D eigenvalue weighted by Crippen LogP contribution is 2.43. The second-order valence-corrected chi connectivity index (χ2v) is 9.95. The van der Waals surface area contributed by atoms with E-state index in [-0.39, 0.29) is 17.4 Å². The first-order valence-corrected chi connectivity index (χ1v) is 11.1. The van der Waals surface area contributed by atoms with Crippen molar-refractivity contribution in [2.24, 2.45) is 5.41 Å². The second kappa shape index (κ2) is 10.2. The summed E-state index contributed by atoms with van der Waals surface area (Å²) in [6.45, 7) is 3.01. The minimum atomic E-state index is -5.08. The molecule has 1 unspecified atom stereocenters. The van der Waals surface area contributed by atoms with E-state index in [0.29, 0.717) is 26.2 Å². The molecular weight excluding hydrogens is 431 g/mol. The van der Waals surface area contributed by atoms with Crippen molar-refractivity contribution in [3.05, 3.63) is 0 Å². The Hall–Kier alpha value is -1.44. The molecule has 1 spiro atoms. The smallest absolute Gasteiger partial charge is 0.475 e. The summed E-state index contributed by atoms with van der Waals surface area (Å²) in [5.41, 5.74) is 0.108. The fraction of sp³-hybridized carbons (Fsp3) is 0.882. The molecule has 30 heavy (non-hydrogen) atoms. The summed E-state index contributed by atoms with van der Waals surface area (Å²) < 4.78 is 62.0. The fourth-order valence-electron chi connectivity index (χ4n) is 3.76. The number of carbonyl (C=O) groups excluding carboxylic acids is 1. The monoisotopic (exact) mass is 461 g/mol. The molecule has 0 aromatic rings. The number of carboxylic acid groups (broad SMARTS) is 1. The Bertz CT molecular complexity index is 706. The number of likely N-dealkylation sites (N-methyl/N-ethyl adjacent to an activating group) is 1. The van der Waals surface area contributed by atoms with E-state index in [1.165, 1.54) is 6.26 Å². The number of amides is 1. The predicted octanol–water partition coefficient (Wildman–Crippen LogP) is 0.470. The minimum absolute atomic E-state index is 0.0942. The van der Waals surface area contributed by atoms with Gasteiger partial charge in [-0.2, -0.15) is 13.2 Å². The zero-order valence-electron chi connectivity index (χ0n) is 17.6. The molecule has 2 rings (SSSR count). The highest BCUT2D eigenvalue weighted by Gasteiger charge is 2.46. The van der Waals surface area contributed by atoms with Crippen LogP contribution in [0, 0.1) is 5.41 Å². The van der Waals surface area contributed by atoms with Crippen LogP contribution < -0.4 is 0 Å². The van der Waals surface area contributed by atoms with Crippen LogP contribution in [-0.2, 0) is 24.3 Å². The lowest BCUT2D eigenvalue weighted by molar-refractivity contribution is -0.192. The number of alkyl halides is 3. The van der Waals surface area contributed by atoms with Crippen molar-refractivity contribution in [1.29, 1.82) is 0 Å². The van der Waals surface area contributed by atoms with Gasteiger partial charge in [-0.3, -0.25) is 9.69 Å². The molecular formula is C17H30F3N3O6S. The van der Waals surface area contributed by atoms with Gasteiger partial charge in [-0.25, -0.2) is 17.5 Å². The van der Waals surface area contributed by atoms with E-state index >= 15 is 0 Å². The Morgan fingerprint density at radius 2 is 1.73 bits per heavy atom. The average Bonchev–Trinajstić information content (AvgIpc) is 2.91. The quantitative estimate of drug-likeness (QED) is 0.634. The maximum Gasteiger partial charge on any atom is 0.490 e. The highest BCUT2D eigenvalue weighted by molar-refractivity contribution is 7.88. The number of carboxylic acids is 1. The molecule has 0 radical (unpaired) electrons. The summed E-state index contributed by atoms with van der Waals surface area (Å²) in [5, 5.41) is 7.12. The highest BCUT2D eigenvalue weighted by atomic mass is 32.2. The van der Waals surface area contributed by atoms with Gasteiger partial charge in [0.05, 0.1) is 19.4 Å². The Kier molecular flexibility index (Phi) is 9.08. The maximum absolute atomic E-state index is 12.1. The number of aliphatic carboxylic acids is 1. The second-order valence-electron chi connectivity index (χ2n) is 7.97. The molecule has 2 aliphatic rings. The third-order valence-corrected chi connectivity index (χ3v) is 6.72. The number of hydrogen-bond acceptors (Lipinski definition) is 6. The largest absolute Gasteiger partial charge is 0.490 e. The predicted molar refractivity (Wildman–Crippen MR) is 102 cm³/mol. The molecule has 0 saturated carbocycles. The van der Waals surface area contributed by atoms with Gasteiger partial charge in [-0.1, -0.05) is 0 Å². The van der Waals surface area contributed by atoms with E-state index in [1.807, 2.05) is 0 Å². The lowest BCUT2D eigenvalue weighted by atomic mass is 9.77. The van der Waals surface area contributed by atoms with E-state index in [9.17, 15) is 26.4 Å². The molecule has 2 fully saturated rings. The van der Waals surface area contributed by atoms with Crippen LogP contribution in [0.3, 0.4) is 0 Å². The van der Waals surface area contributed by atoms with Crippen LogP contribution in [0.25, 0.3) is 0 Å². The minimum Gasteiger partial charge on any atom is -0.475 e. The number of halogens is 3. The molecule has 1 amide bonds. The number of hydrogen-bond donors (Lipinski definition) is 1. The molecule has 1 N–H and O–H groups in total. The summed E-state index contributed by atoms with van der Waals surface area (Å²) >= 11 is 0. The molecule has 13 heteroatoms. The number of nitrogens with zero attached hydrogens (tertiary/aromatic N) is 3. The van der Waals surface area contributed by atoms with Gasteiger partial charge in [0.2, 0.25) is 15.9 Å². The topological polar surface area (TPSA) is 107 Å². The van der Waals surface area contributed by atoms with E-state index < -0.39 is 22.2 Å². The Morgan fingerprint density at radius 3 is 2.10 bits per heavy atom. The van der Waals surface area contributed by atoms with Gasteiger partial charge in [0.15, 0.2) is 0 Å². The van der Waals surface area contributed by atoms with Gasteiger partial charge in [0.1, 0.15) is 0 Å². The lowest BCUT2D eigenvalue weighted by Gasteiger charge is -2.38. The molecule has 176 valence electrons. The summed E-state index contributed by atoms with van der Waals surface area (Å²) in [7, 11) is 2.11. The summed E-state index contributed by atoms with van der Waals surface area (Å²) in [6.07, 6.45) is -1.13. The first-order chi connectivity index (χ1) is 13.6. The molecule has 2 aliphatic heterocycles. The number of piperidine rings is 1. The zero-order chi connectivity index (χ0) is 23.3. The zero-order valence-corrected chi connectivity index (χ0v) is 18.4. The Balaban J connectivity index is 0.000000553. The lowest BCUT2D eigenvalue weighted by Crippen LogP contribution is -2.44. The molecule has 0 aromatic heterocycles. The van der Waals surface area contributed by atoms with Crippen molar-refractivity contribution >= 4 is 21.9 Å². The van der Waals surface area contributed by atoms with Crippen molar-refractivity contribution in [1.82, 2.24) is 14.1 Å². The van der Waals surface area contributed by atoms with E-state index in [1.54, 1.807) is 30.4 Å². The van der Waals surface area contributed by atoms with Crippen LogP contribution in [0.15, 0.2) is 0 Å². The summed E-state index contributed by atoms with van der Waals surface area (Å²) in [5.74, 6) is -2.66. The van der Waals surface area contributed by atoms with Crippen molar-refractivity contribution in [2.75, 3.05) is 60.2 Å². The molecule has 2 heterocycles. The van der Waals surface area contributed by atoms with Crippen LogP contribution >= 0.6 is 0 Å². The van der Waals surface area contributed by atoms with E-state index in [2.05, 4.69) is 4.90 Å². The summed E-state index contributed by atoms with van der Waals surface area (Å²) in [4.78, 5) is 24.8. The van der Waals surface area contributed by atoms with Crippen LogP contribution in [-0.4, -0.2) is 112 Å². The summed E-state index contributed by atoms with van der Waals surface area (Å²) in [6, 6.07) is 0.230. The number of sulfonamides is 1. The van der Waals surface area contributed by atoms with Crippen molar-refractivity contribution in [3.8, 4) is 0 Å². The Morgan fingerprint density at radius 1 is 1.23 bits per heavy atom. The van der Waals surface area contributed by atoms with E-state index in [4.69, 9.17) is 14.6 Å². The van der Waals surface area contributed by atoms with Gasteiger partial charge in [-0.15, -0.1) is 0 Å². The third kappa shape index (κ3) is 7.67. The SMILES string of the molecule is COCC1CC2(CCN(S(C)(=O)=O)CC2)CN1CC(=O)N(C)C.O=C(O)C(F)(F)F. The van der Waals surface area contributed by atoms with Crippen LogP contribution in [0.2, 0.25) is 0 Å². The Labute approximate surface area is 174 Å². The number of carbonyl (C=O) groups is 2. The standard InChI is InChI=1S/C15H29N3O4S.C2HF3O2/c1-16(2)14(19)10-17-12-15(9-13(17)11-22-3)5-7-18(8-6-15)23(4,20)21;3-2(4,5)1(6)7/h13H,5-12H2,1-4H3;(H,6,7). The van der Waals surface area contributed by atoms with Crippen LogP contribution in [0.1, 0.15) is 19.3 Å². The number of likely N-dealkylation sites (tertiary alicyclic amines) is 1. The average molecular weight is 462 g/mol. The molecule has 0 aromatic carbocycles. The molecule has 9 nitrogen and oxygen atoms in total. The number of rotatable bonds is 5.